The molecule has 0 aromatic rings. The molecule has 2 fully saturated rings. The van der Waals surface area contributed by atoms with E-state index >= 15 is 0 Å². The minimum Gasteiger partial charge on any atom is -0.298 e. The average molecular weight is 278 g/mol. The van der Waals surface area contributed by atoms with Crippen molar-refractivity contribution >= 4 is 11.6 Å². The fraction of sp³-hybridized carbons (Fsp3) is 0.714. The van der Waals surface area contributed by atoms with Crippen LogP contribution in [-0.4, -0.2) is 85.0 Å². The van der Waals surface area contributed by atoms with E-state index in [-0.39, 0.29) is 0 Å². The molecule has 0 aromatic carbocycles. The fourth-order valence-electron chi connectivity index (χ4n) is 2.35. The number of ketones is 2. The maximum Gasteiger partial charge on any atom is 0.149 e. The number of Topliss-reactive ketones (excluding diaryl/α,β-unsaturated/α-hetero) is 2. The molecule has 2 heterocycles. The second kappa shape index (κ2) is 6.95. The van der Waals surface area contributed by atoms with E-state index in [2.05, 4.69) is 11.8 Å². The van der Waals surface area contributed by atoms with Crippen LogP contribution < -0.4 is 0 Å². The first-order valence-electron chi connectivity index (χ1n) is 6.97. The highest BCUT2D eigenvalue weighted by Crippen LogP contribution is 2.06. The van der Waals surface area contributed by atoms with Crippen molar-refractivity contribution < 1.29 is 9.59 Å². The first-order chi connectivity index (χ1) is 9.56. The largest absolute Gasteiger partial charge is 0.298 e. The van der Waals surface area contributed by atoms with Crippen LogP contribution in [0.2, 0.25) is 0 Å². The van der Waals surface area contributed by atoms with Crippen LogP contribution >= 0.6 is 0 Å². The summed E-state index contributed by atoms with van der Waals surface area (Å²) in [5.74, 6) is 6.81. The van der Waals surface area contributed by atoms with Gasteiger partial charge >= 0.3 is 0 Å². The van der Waals surface area contributed by atoms with Crippen molar-refractivity contribution in [1.82, 2.24) is 20.0 Å². The van der Waals surface area contributed by atoms with Crippen molar-refractivity contribution in [3.8, 4) is 11.8 Å². The van der Waals surface area contributed by atoms with Gasteiger partial charge in [0.05, 0.1) is 26.2 Å². The lowest BCUT2D eigenvalue weighted by Crippen LogP contribution is -2.39. The van der Waals surface area contributed by atoms with Gasteiger partial charge in [0.25, 0.3) is 0 Å². The lowest BCUT2D eigenvalue weighted by atomic mass is 10.4. The minimum absolute atomic E-state index is 0.295. The first kappa shape index (κ1) is 15.1. The summed E-state index contributed by atoms with van der Waals surface area (Å²) in [5, 5.41) is 8.05. The summed E-state index contributed by atoms with van der Waals surface area (Å²) in [6, 6.07) is 0. The molecule has 110 valence electrons. The summed E-state index contributed by atoms with van der Waals surface area (Å²) in [7, 11) is 3.91. The summed E-state index contributed by atoms with van der Waals surface area (Å²) in [4.78, 5) is 22.4. The molecule has 2 rings (SSSR count). The molecule has 2 aliphatic rings. The third-order valence-electron chi connectivity index (χ3n) is 3.72. The molecule has 6 heteroatoms. The molecule has 2 aliphatic heterocycles. The maximum atomic E-state index is 11.2. The van der Waals surface area contributed by atoms with Gasteiger partial charge in [-0.15, -0.1) is 0 Å². The summed E-state index contributed by atoms with van der Waals surface area (Å²) in [6.07, 6.45) is 1.28. The minimum atomic E-state index is 0.295. The van der Waals surface area contributed by atoms with Gasteiger partial charge in [-0.2, -0.15) is 0 Å². The number of nitrogens with zero attached hydrogens (tertiary/aromatic N) is 4. The number of rotatable bonds is 4. The van der Waals surface area contributed by atoms with Crippen LogP contribution in [0.1, 0.15) is 12.8 Å². The molecule has 0 unspecified atom stereocenters. The van der Waals surface area contributed by atoms with Gasteiger partial charge in [-0.25, -0.2) is 20.0 Å². The van der Waals surface area contributed by atoms with Crippen LogP contribution in [0.5, 0.6) is 0 Å². The van der Waals surface area contributed by atoms with Crippen molar-refractivity contribution in [2.75, 3.05) is 53.4 Å². The average Bonchev–Trinajstić information content (AvgIpc) is 3.03. The molecule has 0 radical (unpaired) electrons. The predicted octanol–water partition coefficient (Wildman–Crippen LogP) is -0.767. The molecule has 6 nitrogen and oxygen atoms in total. The van der Waals surface area contributed by atoms with Gasteiger partial charge in [0.15, 0.2) is 0 Å². The molecular weight excluding hydrogens is 256 g/mol. The van der Waals surface area contributed by atoms with E-state index in [0.717, 1.165) is 13.1 Å². The molecule has 0 aromatic heterocycles. The lowest BCUT2D eigenvalue weighted by Gasteiger charge is -2.25. The number of hydrogen-bond acceptors (Lipinski definition) is 6. The Morgan fingerprint density at radius 3 is 1.60 bits per heavy atom. The zero-order chi connectivity index (χ0) is 14.5. The topological polar surface area (TPSA) is 47.1 Å². The van der Waals surface area contributed by atoms with Crippen LogP contribution in [0.4, 0.5) is 0 Å². The summed E-state index contributed by atoms with van der Waals surface area (Å²) in [5.41, 5.74) is 0. The molecule has 0 saturated carbocycles. The van der Waals surface area contributed by atoms with Gasteiger partial charge in [-0.3, -0.25) is 9.59 Å². The Bertz CT molecular complexity index is 402. The Morgan fingerprint density at radius 1 is 0.900 bits per heavy atom. The third kappa shape index (κ3) is 4.12. The molecule has 0 bridgehead atoms. The fourth-order valence-corrected chi connectivity index (χ4v) is 2.35. The van der Waals surface area contributed by atoms with Crippen LogP contribution in [0.15, 0.2) is 0 Å². The second-order valence-electron chi connectivity index (χ2n) is 5.34. The highest BCUT2D eigenvalue weighted by Gasteiger charge is 2.22. The first-order valence-corrected chi connectivity index (χ1v) is 6.97. The number of carbonyl (C=O) groups is 2. The van der Waals surface area contributed by atoms with Gasteiger partial charge in [0, 0.05) is 40.0 Å². The summed E-state index contributed by atoms with van der Waals surface area (Å²) < 4.78 is 0. The van der Waals surface area contributed by atoms with Crippen LogP contribution in [-0.2, 0) is 9.59 Å². The highest BCUT2D eigenvalue weighted by molar-refractivity contribution is 5.82. The van der Waals surface area contributed by atoms with E-state index in [1.807, 2.05) is 34.1 Å². The monoisotopic (exact) mass is 278 g/mol. The standard InChI is InChI=1S/C14H22N4O2/c1-15(17-9-5-13(19)11-17)7-3-4-8-16(2)18-10-6-14(20)12-18/h5-12H2,1-2H3. The Balaban J connectivity index is 1.69. The van der Waals surface area contributed by atoms with Crippen LogP contribution in [0, 0.1) is 11.8 Å². The van der Waals surface area contributed by atoms with Gasteiger partial charge in [0.2, 0.25) is 0 Å². The van der Waals surface area contributed by atoms with Crippen molar-refractivity contribution in [3.63, 3.8) is 0 Å². The molecule has 20 heavy (non-hydrogen) atoms. The Labute approximate surface area is 120 Å². The van der Waals surface area contributed by atoms with Crippen molar-refractivity contribution in [2.24, 2.45) is 0 Å². The molecule has 0 N–H and O–H groups in total. The molecule has 0 spiro atoms. The predicted molar refractivity (Wildman–Crippen MR) is 75.4 cm³/mol. The van der Waals surface area contributed by atoms with Gasteiger partial charge < -0.3 is 0 Å². The van der Waals surface area contributed by atoms with E-state index < -0.39 is 0 Å². The maximum absolute atomic E-state index is 11.2. The molecule has 0 atom stereocenters. The molecule has 0 amide bonds. The van der Waals surface area contributed by atoms with Crippen molar-refractivity contribution in [1.29, 1.82) is 0 Å². The molecule has 2 saturated heterocycles. The lowest BCUT2D eigenvalue weighted by molar-refractivity contribution is -0.119. The Morgan fingerprint density at radius 2 is 1.30 bits per heavy atom. The zero-order valence-corrected chi connectivity index (χ0v) is 12.3. The zero-order valence-electron chi connectivity index (χ0n) is 12.3. The second-order valence-corrected chi connectivity index (χ2v) is 5.34. The van der Waals surface area contributed by atoms with Gasteiger partial charge in [-0.05, 0) is 0 Å². The number of hydrazine groups is 2. The van der Waals surface area contributed by atoms with E-state index in [9.17, 15) is 9.59 Å². The van der Waals surface area contributed by atoms with Gasteiger partial charge in [0.1, 0.15) is 11.6 Å². The van der Waals surface area contributed by atoms with Gasteiger partial charge in [-0.1, -0.05) is 11.8 Å². The van der Waals surface area contributed by atoms with Crippen molar-refractivity contribution in [2.45, 2.75) is 12.8 Å². The van der Waals surface area contributed by atoms with E-state index in [1.54, 1.807) is 0 Å². The molecular formula is C14H22N4O2. The van der Waals surface area contributed by atoms with E-state index in [1.165, 1.54) is 0 Å². The summed E-state index contributed by atoms with van der Waals surface area (Å²) in [6.45, 7) is 3.86. The Hall–Kier alpha value is -1.26. The van der Waals surface area contributed by atoms with Crippen LogP contribution in [0.25, 0.3) is 0 Å². The molecule has 0 aliphatic carbocycles. The van der Waals surface area contributed by atoms with E-state index in [0.29, 0.717) is 50.6 Å². The van der Waals surface area contributed by atoms with Crippen molar-refractivity contribution in [3.05, 3.63) is 0 Å². The highest BCUT2D eigenvalue weighted by atomic mass is 16.1. The smallest absolute Gasteiger partial charge is 0.149 e. The quantitative estimate of drug-likeness (QED) is 0.630. The SMILES string of the molecule is CN(CC#CCN(C)N1CCC(=O)C1)N1CCC(=O)C1. The Kier molecular flexibility index (Phi) is 5.26. The third-order valence-corrected chi connectivity index (χ3v) is 3.72. The number of hydrogen-bond donors (Lipinski definition) is 0. The summed E-state index contributed by atoms with van der Waals surface area (Å²) >= 11 is 0. The van der Waals surface area contributed by atoms with Crippen LogP contribution in [0.3, 0.4) is 0 Å². The normalized spacial score (nSPS) is 21.0. The van der Waals surface area contributed by atoms with E-state index in [4.69, 9.17) is 0 Å². The number of carbonyl (C=O) groups excluding carboxylic acids is 2.